The lowest BCUT2D eigenvalue weighted by molar-refractivity contribution is -0.145. The Balaban J connectivity index is 4.26. The number of aliphatic carboxylic acids is 2. The first-order valence-electron chi connectivity index (χ1n) is 3.60. The Kier molecular flexibility index (Phi) is 4.43. The van der Waals surface area contributed by atoms with Crippen molar-refractivity contribution in [3.8, 4) is 0 Å². The van der Waals surface area contributed by atoms with Crippen molar-refractivity contribution in [2.24, 2.45) is 5.92 Å². The minimum atomic E-state index is -1.31. The molecule has 72 valence electrons. The fourth-order valence-electron chi connectivity index (χ4n) is 0.798. The number of hydrogen-bond acceptors (Lipinski definition) is 3. The minimum absolute atomic E-state index is 0.199. The zero-order valence-corrected chi connectivity index (χ0v) is 6.90. The first-order chi connectivity index (χ1) is 5.99. The number of carbonyl (C=O) groups is 3. The molecule has 1 atom stereocenters. The van der Waals surface area contributed by atoms with Crippen LogP contribution >= 0.6 is 0 Å². The van der Waals surface area contributed by atoms with Crippen LogP contribution in [-0.4, -0.2) is 27.9 Å². The molecule has 0 rings (SSSR count). The average Bonchev–Trinajstić information content (AvgIpc) is 2.03. The molecule has 0 bridgehead atoms. The number of rotatable bonds is 6. The molecule has 2 N–H and O–H groups in total. The van der Waals surface area contributed by atoms with E-state index < -0.39 is 23.6 Å². The van der Waals surface area contributed by atoms with E-state index in [0.29, 0.717) is 0 Å². The molecule has 13 heavy (non-hydrogen) atoms. The summed E-state index contributed by atoms with van der Waals surface area (Å²) in [6.45, 7) is 3.13. The summed E-state index contributed by atoms with van der Waals surface area (Å²) in [6, 6.07) is 0. The number of hydrogen-bond donors (Lipinski definition) is 2. The number of carboxylic acids is 2. The van der Waals surface area contributed by atoms with Crippen molar-refractivity contribution in [2.45, 2.75) is 12.8 Å². The van der Waals surface area contributed by atoms with Gasteiger partial charge in [-0.05, 0) is 12.5 Å². The normalized spacial score (nSPS) is 11.7. The molecule has 0 aliphatic heterocycles. The Morgan fingerprint density at radius 2 is 1.85 bits per heavy atom. The fourth-order valence-corrected chi connectivity index (χ4v) is 0.798. The van der Waals surface area contributed by atoms with E-state index in [1.54, 1.807) is 0 Å². The predicted octanol–water partition coefficient (Wildman–Crippen LogP) is 0.307. The van der Waals surface area contributed by atoms with Crippen molar-refractivity contribution < 1.29 is 24.6 Å². The quantitative estimate of drug-likeness (QED) is 0.460. The first kappa shape index (κ1) is 11.4. The van der Waals surface area contributed by atoms with Crippen LogP contribution in [0.5, 0.6) is 0 Å². The van der Waals surface area contributed by atoms with Gasteiger partial charge in [-0.2, -0.15) is 0 Å². The minimum Gasteiger partial charge on any atom is -0.481 e. The molecule has 0 aliphatic carbocycles. The molecule has 0 heterocycles. The van der Waals surface area contributed by atoms with Crippen LogP contribution in [0.2, 0.25) is 0 Å². The first-order valence-corrected chi connectivity index (χ1v) is 3.60. The molecule has 0 amide bonds. The summed E-state index contributed by atoms with van der Waals surface area (Å²) >= 11 is 0. The van der Waals surface area contributed by atoms with Crippen molar-refractivity contribution in [3.05, 3.63) is 12.7 Å². The third-order valence-corrected chi connectivity index (χ3v) is 1.49. The summed E-state index contributed by atoms with van der Waals surface area (Å²) in [4.78, 5) is 31.4. The number of carboxylic acid groups (broad SMARTS) is 2. The van der Waals surface area contributed by atoms with Crippen LogP contribution in [0.1, 0.15) is 12.8 Å². The Labute approximate surface area is 74.7 Å². The second-order valence-electron chi connectivity index (χ2n) is 2.43. The Morgan fingerprint density at radius 1 is 1.31 bits per heavy atom. The summed E-state index contributed by atoms with van der Waals surface area (Å²) in [5, 5.41) is 16.8. The zero-order chi connectivity index (χ0) is 10.4. The Hall–Kier alpha value is -1.65. The lowest BCUT2D eigenvalue weighted by atomic mass is 9.98. The molecule has 0 aliphatic rings. The molecular weight excluding hydrogens is 176 g/mol. The number of allylic oxidation sites excluding steroid dienone is 1. The van der Waals surface area contributed by atoms with Gasteiger partial charge in [0.05, 0.1) is 0 Å². The van der Waals surface area contributed by atoms with Crippen LogP contribution in [0.15, 0.2) is 12.7 Å². The Morgan fingerprint density at radius 3 is 2.15 bits per heavy atom. The van der Waals surface area contributed by atoms with E-state index in [1.165, 1.54) is 0 Å². The van der Waals surface area contributed by atoms with E-state index in [9.17, 15) is 14.4 Å². The molecule has 0 fully saturated rings. The van der Waals surface area contributed by atoms with Crippen molar-refractivity contribution in [2.75, 3.05) is 0 Å². The van der Waals surface area contributed by atoms with Crippen LogP contribution in [0.25, 0.3) is 0 Å². The fraction of sp³-hybridized carbons (Fsp3) is 0.375. The number of carbonyl (C=O) groups excluding carboxylic acids is 1. The van der Waals surface area contributed by atoms with E-state index in [1.807, 2.05) is 0 Å². The molecule has 0 spiro atoms. The van der Waals surface area contributed by atoms with Crippen molar-refractivity contribution in [1.82, 2.24) is 0 Å². The standard InChI is InChI=1S/C8H10O5/c1-2-6(9)5(8(12)13)3-4-7(10)11/h2,5H,1,3-4H2,(H,10,11)(H,12,13). The van der Waals surface area contributed by atoms with Crippen LogP contribution in [-0.2, 0) is 14.4 Å². The van der Waals surface area contributed by atoms with Gasteiger partial charge in [0.15, 0.2) is 5.78 Å². The second kappa shape index (κ2) is 5.08. The van der Waals surface area contributed by atoms with Crippen LogP contribution < -0.4 is 0 Å². The van der Waals surface area contributed by atoms with E-state index in [2.05, 4.69) is 6.58 Å². The molecule has 0 radical (unpaired) electrons. The molecule has 0 aromatic carbocycles. The molecule has 0 saturated heterocycles. The SMILES string of the molecule is C=CC(=O)C(CCC(=O)O)C(=O)O. The lowest BCUT2D eigenvalue weighted by Crippen LogP contribution is -2.22. The van der Waals surface area contributed by atoms with Crippen LogP contribution in [0, 0.1) is 5.92 Å². The van der Waals surface area contributed by atoms with E-state index in [0.717, 1.165) is 6.08 Å². The maximum absolute atomic E-state index is 10.9. The van der Waals surface area contributed by atoms with Gasteiger partial charge in [0.2, 0.25) is 0 Å². The highest BCUT2D eigenvalue weighted by Gasteiger charge is 2.24. The predicted molar refractivity (Wildman–Crippen MR) is 43.2 cm³/mol. The van der Waals surface area contributed by atoms with Crippen LogP contribution in [0.3, 0.4) is 0 Å². The zero-order valence-electron chi connectivity index (χ0n) is 6.90. The molecular formula is C8H10O5. The smallest absolute Gasteiger partial charge is 0.314 e. The van der Waals surface area contributed by atoms with E-state index >= 15 is 0 Å². The van der Waals surface area contributed by atoms with Gasteiger partial charge in [-0.15, -0.1) is 0 Å². The number of ketones is 1. The molecule has 0 aromatic rings. The lowest BCUT2D eigenvalue weighted by Gasteiger charge is -2.05. The Bertz CT molecular complexity index is 243. The van der Waals surface area contributed by atoms with Crippen molar-refractivity contribution in [3.63, 3.8) is 0 Å². The summed E-state index contributed by atoms with van der Waals surface area (Å²) in [6.07, 6.45) is 0.354. The summed E-state index contributed by atoms with van der Waals surface area (Å²) in [7, 11) is 0. The molecule has 5 nitrogen and oxygen atoms in total. The highest BCUT2D eigenvalue weighted by atomic mass is 16.4. The highest BCUT2D eigenvalue weighted by molar-refractivity contribution is 6.04. The van der Waals surface area contributed by atoms with Gasteiger partial charge < -0.3 is 10.2 Å². The molecule has 0 saturated carbocycles. The summed E-state index contributed by atoms with van der Waals surface area (Å²) in [5.74, 6) is -4.38. The van der Waals surface area contributed by atoms with Gasteiger partial charge in [-0.1, -0.05) is 6.58 Å². The van der Waals surface area contributed by atoms with Gasteiger partial charge in [0, 0.05) is 6.42 Å². The van der Waals surface area contributed by atoms with Gasteiger partial charge in [0.25, 0.3) is 0 Å². The summed E-state index contributed by atoms with van der Waals surface area (Å²) < 4.78 is 0. The monoisotopic (exact) mass is 186 g/mol. The van der Waals surface area contributed by atoms with Crippen LogP contribution in [0.4, 0.5) is 0 Å². The van der Waals surface area contributed by atoms with Gasteiger partial charge >= 0.3 is 11.9 Å². The maximum atomic E-state index is 10.9. The highest BCUT2D eigenvalue weighted by Crippen LogP contribution is 2.08. The topological polar surface area (TPSA) is 91.7 Å². The van der Waals surface area contributed by atoms with Gasteiger partial charge in [0.1, 0.15) is 5.92 Å². The van der Waals surface area contributed by atoms with Gasteiger partial charge in [-0.25, -0.2) is 0 Å². The third kappa shape index (κ3) is 4.05. The average molecular weight is 186 g/mol. The molecule has 5 heteroatoms. The second-order valence-corrected chi connectivity index (χ2v) is 2.43. The van der Waals surface area contributed by atoms with E-state index in [4.69, 9.17) is 10.2 Å². The summed E-state index contributed by atoms with van der Waals surface area (Å²) in [5.41, 5.74) is 0. The molecule has 0 aromatic heterocycles. The third-order valence-electron chi connectivity index (χ3n) is 1.49. The van der Waals surface area contributed by atoms with Gasteiger partial charge in [-0.3, -0.25) is 14.4 Å². The van der Waals surface area contributed by atoms with Crippen molar-refractivity contribution in [1.29, 1.82) is 0 Å². The largest absolute Gasteiger partial charge is 0.481 e. The maximum Gasteiger partial charge on any atom is 0.314 e. The van der Waals surface area contributed by atoms with Crippen molar-refractivity contribution >= 4 is 17.7 Å². The van der Waals surface area contributed by atoms with E-state index in [-0.39, 0.29) is 12.8 Å². The molecule has 1 unspecified atom stereocenters.